The fraction of sp³-hybridized carbons (Fsp3) is 0.154. The summed E-state index contributed by atoms with van der Waals surface area (Å²) in [6, 6.07) is 13.6. The minimum atomic E-state index is -0.0985. The number of benzene rings is 2. The first kappa shape index (κ1) is 10.6. The molecule has 0 spiro atoms. The maximum absolute atomic E-state index is 11.8. The molecule has 0 aliphatic carbocycles. The molecule has 0 bridgehead atoms. The number of amides is 1. The first-order valence-electron chi connectivity index (χ1n) is 5.34. The van der Waals surface area contributed by atoms with Gasteiger partial charge in [-0.25, -0.2) is 5.43 Å². The van der Waals surface area contributed by atoms with E-state index < -0.39 is 0 Å². The Bertz CT molecular complexity index is 503. The van der Waals surface area contributed by atoms with Gasteiger partial charge in [-0.1, -0.05) is 43.3 Å². The largest absolute Gasteiger partial charge is 0.287 e. The first-order chi connectivity index (χ1) is 7.83. The van der Waals surface area contributed by atoms with Gasteiger partial charge in [0.25, 0.3) is 5.91 Å². The third-order valence-corrected chi connectivity index (χ3v) is 2.41. The van der Waals surface area contributed by atoms with Crippen molar-refractivity contribution < 1.29 is 4.79 Å². The molecule has 0 unspecified atom stereocenters. The normalized spacial score (nSPS) is 10.3. The zero-order valence-corrected chi connectivity index (χ0v) is 9.16. The molecule has 2 rings (SSSR count). The summed E-state index contributed by atoms with van der Waals surface area (Å²) in [6.45, 7) is 2.64. The van der Waals surface area contributed by atoms with Crippen LogP contribution in [0.5, 0.6) is 0 Å². The van der Waals surface area contributed by atoms with Crippen LogP contribution in [0.15, 0.2) is 42.5 Å². The number of carbonyl (C=O) groups excluding carboxylic acids is 1. The van der Waals surface area contributed by atoms with Crippen molar-refractivity contribution in [2.75, 3.05) is 6.54 Å². The van der Waals surface area contributed by atoms with Crippen molar-refractivity contribution in [2.24, 2.45) is 0 Å². The Kier molecular flexibility index (Phi) is 3.17. The molecule has 2 aromatic rings. The summed E-state index contributed by atoms with van der Waals surface area (Å²) in [5, 5.41) is 2.05. The highest BCUT2D eigenvalue weighted by molar-refractivity contribution is 6.06. The van der Waals surface area contributed by atoms with Crippen LogP contribution in [0.4, 0.5) is 0 Å². The molecule has 0 aromatic heterocycles. The van der Waals surface area contributed by atoms with Crippen LogP contribution >= 0.6 is 0 Å². The zero-order chi connectivity index (χ0) is 11.4. The highest BCUT2D eigenvalue weighted by atomic mass is 16.2. The lowest BCUT2D eigenvalue weighted by Crippen LogP contribution is -2.37. The predicted octanol–water partition coefficient (Wildman–Crippen LogP) is 2.09. The average Bonchev–Trinajstić information content (AvgIpc) is 2.35. The lowest BCUT2D eigenvalue weighted by Gasteiger charge is -2.07. The Morgan fingerprint density at radius 2 is 1.88 bits per heavy atom. The van der Waals surface area contributed by atoms with Gasteiger partial charge in [-0.3, -0.25) is 10.2 Å². The molecule has 82 valence electrons. The summed E-state index contributed by atoms with van der Waals surface area (Å²) in [5.74, 6) is -0.0985. The molecule has 16 heavy (non-hydrogen) atoms. The van der Waals surface area contributed by atoms with E-state index in [-0.39, 0.29) is 5.91 Å². The number of hydrazine groups is 1. The summed E-state index contributed by atoms with van der Waals surface area (Å²) in [5.41, 5.74) is 6.16. The van der Waals surface area contributed by atoms with Gasteiger partial charge in [-0.15, -0.1) is 0 Å². The standard InChI is InChI=1S/C13H14N2O/c1-2-14-15-13(16)12-9-5-7-10-6-3-4-8-11(10)12/h3-9,14H,2H2,1H3,(H,15,16). The van der Waals surface area contributed by atoms with Crippen LogP contribution in [0.2, 0.25) is 0 Å². The zero-order valence-electron chi connectivity index (χ0n) is 9.16. The molecule has 0 aliphatic rings. The topological polar surface area (TPSA) is 41.1 Å². The van der Waals surface area contributed by atoms with Crippen molar-refractivity contribution in [1.29, 1.82) is 0 Å². The van der Waals surface area contributed by atoms with Crippen molar-refractivity contribution >= 4 is 16.7 Å². The highest BCUT2D eigenvalue weighted by Gasteiger charge is 2.07. The van der Waals surface area contributed by atoms with Crippen LogP contribution in [0.25, 0.3) is 10.8 Å². The lowest BCUT2D eigenvalue weighted by molar-refractivity contribution is 0.0936. The fourth-order valence-corrected chi connectivity index (χ4v) is 1.66. The number of hydrogen-bond donors (Lipinski definition) is 2. The Morgan fingerprint density at radius 3 is 2.69 bits per heavy atom. The van der Waals surface area contributed by atoms with E-state index in [0.29, 0.717) is 12.1 Å². The van der Waals surface area contributed by atoms with E-state index in [1.54, 1.807) is 0 Å². The van der Waals surface area contributed by atoms with Gasteiger partial charge in [0, 0.05) is 12.1 Å². The number of fused-ring (bicyclic) bond motifs is 1. The highest BCUT2D eigenvalue weighted by Crippen LogP contribution is 2.17. The summed E-state index contributed by atoms with van der Waals surface area (Å²) in [4.78, 5) is 11.8. The molecule has 0 aliphatic heterocycles. The monoisotopic (exact) mass is 214 g/mol. The number of carbonyl (C=O) groups is 1. The SMILES string of the molecule is CCNNC(=O)c1cccc2ccccc12. The van der Waals surface area contributed by atoms with Crippen LogP contribution in [-0.2, 0) is 0 Å². The second-order valence-corrected chi connectivity index (χ2v) is 3.51. The van der Waals surface area contributed by atoms with Crippen molar-refractivity contribution in [2.45, 2.75) is 6.92 Å². The molecule has 3 heteroatoms. The van der Waals surface area contributed by atoms with Crippen LogP contribution in [0, 0.1) is 0 Å². The molecular formula is C13H14N2O. The molecule has 3 nitrogen and oxygen atoms in total. The van der Waals surface area contributed by atoms with Crippen LogP contribution in [0.1, 0.15) is 17.3 Å². The Labute approximate surface area is 94.4 Å². The van der Waals surface area contributed by atoms with E-state index in [1.807, 2.05) is 49.4 Å². The molecule has 1 amide bonds. The fourth-order valence-electron chi connectivity index (χ4n) is 1.66. The second kappa shape index (κ2) is 4.77. The van der Waals surface area contributed by atoms with Crippen molar-refractivity contribution in [3.63, 3.8) is 0 Å². The minimum absolute atomic E-state index is 0.0985. The van der Waals surface area contributed by atoms with Gasteiger partial charge < -0.3 is 0 Å². The molecule has 2 aromatic carbocycles. The molecule has 0 saturated heterocycles. The summed E-state index contributed by atoms with van der Waals surface area (Å²) in [6.07, 6.45) is 0. The first-order valence-corrected chi connectivity index (χ1v) is 5.34. The smallest absolute Gasteiger partial charge is 0.266 e. The van der Waals surface area contributed by atoms with Crippen LogP contribution in [-0.4, -0.2) is 12.5 Å². The Balaban J connectivity index is 2.40. The number of nitrogens with one attached hydrogen (secondary N) is 2. The van der Waals surface area contributed by atoms with E-state index >= 15 is 0 Å². The average molecular weight is 214 g/mol. The molecule has 0 atom stereocenters. The predicted molar refractivity (Wildman–Crippen MR) is 65.1 cm³/mol. The molecule has 0 radical (unpaired) electrons. The second-order valence-electron chi connectivity index (χ2n) is 3.51. The van der Waals surface area contributed by atoms with E-state index in [2.05, 4.69) is 10.9 Å². The maximum Gasteiger partial charge on any atom is 0.266 e. The third kappa shape index (κ3) is 2.04. The maximum atomic E-state index is 11.8. The van der Waals surface area contributed by atoms with Gasteiger partial charge in [-0.05, 0) is 16.8 Å². The van der Waals surface area contributed by atoms with Gasteiger partial charge in [0.1, 0.15) is 0 Å². The summed E-state index contributed by atoms with van der Waals surface area (Å²) >= 11 is 0. The van der Waals surface area contributed by atoms with Gasteiger partial charge in [0.2, 0.25) is 0 Å². The van der Waals surface area contributed by atoms with E-state index in [4.69, 9.17) is 0 Å². The van der Waals surface area contributed by atoms with E-state index in [9.17, 15) is 4.79 Å². The van der Waals surface area contributed by atoms with Crippen LogP contribution in [0.3, 0.4) is 0 Å². The Hall–Kier alpha value is -1.87. The van der Waals surface area contributed by atoms with Crippen molar-refractivity contribution in [3.05, 3.63) is 48.0 Å². The molecule has 0 saturated carbocycles. The summed E-state index contributed by atoms with van der Waals surface area (Å²) in [7, 11) is 0. The summed E-state index contributed by atoms with van der Waals surface area (Å²) < 4.78 is 0. The Morgan fingerprint density at radius 1 is 1.12 bits per heavy atom. The molecule has 2 N–H and O–H groups in total. The lowest BCUT2D eigenvalue weighted by atomic mass is 10.0. The minimum Gasteiger partial charge on any atom is -0.287 e. The van der Waals surface area contributed by atoms with Gasteiger partial charge >= 0.3 is 0 Å². The van der Waals surface area contributed by atoms with Crippen LogP contribution < -0.4 is 10.9 Å². The quantitative estimate of drug-likeness (QED) is 0.768. The number of hydrogen-bond acceptors (Lipinski definition) is 2. The van der Waals surface area contributed by atoms with E-state index in [1.165, 1.54) is 0 Å². The third-order valence-electron chi connectivity index (χ3n) is 2.41. The molecular weight excluding hydrogens is 200 g/mol. The van der Waals surface area contributed by atoms with Gasteiger partial charge in [0.05, 0.1) is 0 Å². The van der Waals surface area contributed by atoms with Crippen molar-refractivity contribution in [3.8, 4) is 0 Å². The molecule has 0 heterocycles. The van der Waals surface area contributed by atoms with Crippen molar-refractivity contribution in [1.82, 2.24) is 10.9 Å². The van der Waals surface area contributed by atoms with Gasteiger partial charge in [0.15, 0.2) is 0 Å². The molecule has 0 fully saturated rings. The van der Waals surface area contributed by atoms with E-state index in [0.717, 1.165) is 10.8 Å². The van der Waals surface area contributed by atoms with Gasteiger partial charge in [-0.2, -0.15) is 0 Å². The number of rotatable bonds is 3.